The number of aryl methyl sites for hydroxylation is 1. The summed E-state index contributed by atoms with van der Waals surface area (Å²) in [5.41, 5.74) is 2.41. The number of carbonyl (C=O) groups is 1. The number of benzene rings is 2. The van der Waals surface area contributed by atoms with E-state index in [9.17, 15) is 4.79 Å². The van der Waals surface area contributed by atoms with Crippen molar-refractivity contribution in [2.24, 2.45) is 0 Å². The van der Waals surface area contributed by atoms with Crippen LogP contribution < -0.4 is 9.47 Å². The molecule has 2 aromatic carbocycles. The van der Waals surface area contributed by atoms with Crippen molar-refractivity contribution in [3.8, 4) is 11.5 Å². The summed E-state index contributed by atoms with van der Waals surface area (Å²) < 4.78 is 16.2. The Bertz CT molecular complexity index is 689. The van der Waals surface area contributed by atoms with Crippen LogP contribution in [-0.2, 0) is 22.4 Å². The lowest BCUT2D eigenvalue weighted by atomic mass is 10.1. The Balaban J connectivity index is 1.69. The summed E-state index contributed by atoms with van der Waals surface area (Å²) in [6, 6.07) is 15.8. The fourth-order valence-electron chi connectivity index (χ4n) is 2.58. The van der Waals surface area contributed by atoms with Gasteiger partial charge in [0.05, 0.1) is 6.61 Å². The van der Waals surface area contributed by atoms with Crippen LogP contribution in [0.15, 0.2) is 61.2 Å². The molecule has 4 nitrogen and oxygen atoms in total. The molecule has 144 valence electrons. The van der Waals surface area contributed by atoms with Gasteiger partial charge in [-0.2, -0.15) is 0 Å². The minimum Gasteiger partial charge on any atom is -0.462 e. The lowest BCUT2D eigenvalue weighted by Gasteiger charge is -2.10. The second-order valence-corrected chi connectivity index (χ2v) is 6.27. The average molecular weight is 368 g/mol. The van der Waals surface area contributed by atoms with E-state index in [-0.39, 0.29) is 6.79 Å². The molecular formula is C23H28O4. The minimum atomic E-state index is -0.402. The van der Waals surface area contributed by atoms with E-state index in [1.54, 1.807) is 0 Å². The molecule has 0 amide bonds. The van der Waals surface area contributed by atoms with Crippen LogP contribution in [0, 0.1) is 0 Å². The Hall–Kier alpha value is -2.75. The maximum absolute atomic E-state index is 11.0. The highest BCUT2D eigenvalue weighted by molar-refractivity contribution is 5.81. The normalized spacial score (nSPS) is 10.3. The molecule has 2 aromatic rings. The van der Waals surface area contributed by atoms with E-state index >= 15 is 0 Å². The molecule has 0 radical (unpaired) electrons. The van der Waals surface area contributed by atoms with Gasteiger partial charge in [0.15, 0.2) is 0 Å². The fourth-order valence-corrected chi connectivity index (χ4v) is 2.58. The van der Waals surface area contributed by atoms with Crippen LogP contribution in [0.2, 0.25) is 0 Å². The van der Waals surface area contributed by atoms with Crippen molar-refractivity contribution in [3.63, 3.8) is 0 Å². The quantitative estimate of drug-likeness (QED) is 0.226. The van der Waals surface area contributed by atoms with E-state index in [1.165, 1.54) is 24.8 Å². The predicted molar refractivity (Wildman–Crippen MR) is 107 cm³/mol. The molecule has 0 saturated carbocycles. The molecule has 0 bridgehead atoms. The second kappa shape index (κ2) is 11.8. The molecule has 0 aromatic heterocycles. The maximum Gasteiger partial charge on any atom is 0.330 e. The molecule has 2 rings (SSSR count). The second-order valence-electron chi connectivity index (χ2n) is 6.27. The smallest absolute Gasteiger partial charge is 0.330 e. The van der Waals surface area contributed by atoms with Gasteiger partial charge in [-0.15, -0.1) is 0 Å². The largest absolute Gasteiger partial charge is 0.462 e. The molecule has 0 N–H and O–H groups in total. The average Bonchev–Trinajstić information content (AvgIpc) is 2.70. The summed E-state index contributed by atoms with van der Waals surface area (Å²) in [7, 11) is 0. The van der Waals surface area contributed by atoms with E-state index in [0.29, 0.717) is 13.0 Å². The Kier molecular flexibility index (Phi) is 8.98. The van der Waals surface area contributed by atoms with Gasteiger partial charge in [-0.3, -0.25) is 0 Å². The lowest BCUT2D eigenvalue weighted by Crippen LogP contribution is -2.06. The van der Waals surface area contributed by atoms with Gasteiger partial charge in [0.2, 0.25) is 6.79 Å². The lowest BCUT2D eigenvalue weighted by molar-refractivity contribution is -0.137. The van der Waals surface area contributed by atoms with E-state index in [2.05, 4.69) is 25.6 Å². The van der Waals surface area contributed by atoms with E-state index in [1.807, 2.05) is 36.4 Å². The van der Waals surface area contributed by atoms with Gasteiger partial charge in [-0.25, -0.2) is 4.79 Å². The number of carbonyl (C=O) groups excluding carboxylic acids is 1. The van der Waals surface area contributed by atoms with Crippen molar-refractivity contribution in [2.75, 3.05) is 13.4 Å². The number of hydrogen-bond donors (Lipinski definition) is 0. The van der Waals surface area contributed by atoms with Crippen molar-refractivity contribution in [1.82, 2.24) is 0 Å². The summed E-state index contributed by atoms with van der Waals surface area (Å²) in [4.78, 5) is 11.0. The van der Waals surface area contributed by atoms with Crippen LogP contribution in [0.1, 0.15) is 37.3 Å². The molecule has 0 aliphatic heterocycles. The van der Waals surface area contributed by atoms with E-state index in [4.69, 9.17) is 14.2 Å². The van der Waals surface area contributed by atoms with Gasteiger partial charge in [-0.05, 0) is 48.2 Å². The minimum absolute atomic E-state index is 0.158. The molecule has 0 fully saturated rings. The van der Waals surface area contributed by atoms with Gasteiger partial charge >= 0.3 is 5.97 Å². The van der Waals surface area contributed by atoms with Gasteiger partial charge < -0.3 is 14.2 Å². The number of rotatable bonds is 12. The van der Waals surface area contributed by atoms with Crippen LogP contribution in [0.25, 0.3) is 0 Å². The van der Waals surface area contributed by atoms with Gasteiger partial charge in [-0.1, -0.05) is 50.6 Å². The van der Waals surface area contributed by atoms with Crippen LogP contribution >= 0.6 is 0 Å². The summed E-state index contributed by atoms with van der Waals surface area (Å²) >= 11 is 0. The summed E-state index contributed by atoms with van der Waals surface area (Å²) in [5.74, 6) is 1.13. The molecule has 0 atom stereocenters. The van der Waals surface area contributed by atoms with Crippen molar-refractivity contribution in [2.45, 2.75) is 39.0 Å². The standard InChI is InChI=1S/C23H28O4/c1-3-5-6-7-19-8-12-21(13-9-19)26-18-27-22-14-10-20(11-15-22)16-17-25-23(24)4-2/h4,8-15H,2-3,5-7,16-18H2,1H3. The van der Waals surface area contributed by atoms with Crippen molar-refractivity contribution >= 4 is 5.97 Å². The van der Waals surface area contributed by atoms with Crippen LogP contribution in [0.5, 0.6) is 11.5 Å². The third-order valence-electron chi connectivity index (χ3n) is 4.17. The molecule has 0 saturated heterocycles. The summed E-state index contributed by atoms with van der Waals surface area (Å²) in [6.45, 7) is 6.07. The van der Waals surface area contributed by atoms with Gasteiger partial charge in [0.1, 0.15) is 11.5 Å². The molecule has 0 aliphatic carbocycles. The molecular weight excluding hydrogens is 340 g/mol. The molecule has 27 heavy (non-hydrogen) atoms. The van der Waals surface area contributed by atoms with E-state index < -0.39 is 5.97 Å². The first kappa shape index (κ1) is 20.6. The van der Waals surface area contributed by atoms with Crippen molar-refractivity contribution in [3.05, 3.63) is 72.3 Å². The summed E-state index contributed by atoms with van der Waals surface area (Å²) in [5, 5.41) is 0. The Morgan fingerprint density at radius 1 is 0.889 bits per heavy atom. The third kappa shape index (κ3) is 7.99. The molecule has 0 spiro atoms. The first-order valence-electron chi connectivity index (χ1n) is 9.44. The van der Waals surface area contributed by atoms with Crippen LogP contribution in [-0.4, -0.2) is 19.4 Å². The Morgan fingerprint density at radius 2 is 1.44 bits per heavy atom. The highest BCUT2D eigenvalue weighted by atomic mass is 16.7. The summed E-state index contributed by atoms with van der Waals surface area (Å²) in [6.07, 6.45) is 6.67. The molecule has 0 heterocycles. The highest BCUT2D eigenvalue weighted by Gasteiger charge is 2.00. The third-order valence-corrected chi connectivity index (χ3v) is 4.17. The highest BCUT2D eigenvalue weighted by Crippen LogP contribution is 2.16. The first-order chi connectivity index (χ1) is 13.2. The number of hydrogen-bond acceptors (Lipinski definition) is 4. The predicted octanol–water partition coefficient (Wildman–Crippen LogP) is 5.11. The van der Waals surface area contributed by atoms with Crippen LogP contribution in [0.3, 0.4) is 0 Å². The van der Waals surface area contributed by atoms with Gasteiger partial charge in [0.25, 0.3) is 0 Å². The topological polar surface area (TPSA) is 44.8 Å². The Morgan fingerprint density at radius 3 is 1.96 bits per heavy atom. The zero-order valence-corrected chi connectivity index (χ0v) is 16.0. The first-order valence-corrected chi connectivity index (χ1v) is 9.44. The van der Waals surface area contributed by atoms with Gasteiger partial charge in [0, 0.05) is 12.5 Å². The molecule has 0 aliphatic rings. The maximum atomic E-state index is 11.0. The Labute approximate surface area is 161 Å². The molecule has 0 unspecified atom stereocenters. The monoisotopic (exact) mass is 368 g/mol. The number of ether oxygens (including phenoxy) is 3. The van der Waals surface area contributed by atoms with Crippen molar-refractivity contribution < 1.29 is 19.0 Å². The van der Waals surface area contributed by atoms with Crippen molar-refractivity contribution in [1.29, 1.82) is 0 Å². The number of unbranched alkanes of at least 4 members (excludes halogenated alkanes) is 2. The molecule has 4 heteroatoms. The number of esters is 1. The van der Waals surface area contributed by atoms with E-state index in [0.717, 1.165) is 29.6 Å². The SMILES string of the molecule is C=CC(=O)OCCc1ccc(OCOc2ccc(CCCCC)cc2)cc1. The zero-order valence-electron chi connectivity index (χ0n) is 16.0. The fraction of sp³-hybridized carbons (Fsp3) is 0.348. The van der Waals surface area contributed by atoms with Crippen LogP contribution in [0.4, 0.5) is 0 Å². The zero-order chi connectivity index (χ0) is 19.3.